The maximum atomic E-state index is 13.0. The monoisotopic (exact) mass is 562 g/mol. The van der Waals surface area contributed by atoms with Gasteiger partial charge in [0.15, 0.2) is 21.6 Å². The first-order chi connectivity index (χ1) is 17.8. The van der Waals surface area contributed by atoms with Crippen molar-refractivity contribution in [1.82, 2.24) is 34.8 Å². The number of rotatable bonds is 8. The third-order valence-electron chi connectivity index (χ3n) is 5.33. The number of nitrogens with zero attached hydrogens (tertiary/aromatic N) is 7. The van der Waals surface area contributed by atoms with Gasteiger partial charge in [0, 0.05) is 23.0 Å². The Balaban J connectivity index is 1.33. The number of carboxylic acid groups (broad SMARTS) is 1. The number of nitrogen functional groups attached to an aromatic ring is 2. The molecule has 3 aromatic rings. The highest BCUT2D eigenvalue weighted by Crippen LogP contribution is 2.41. The summed E-state index contributed by atoms with van der Waals surface area (Å²) in [6.07, 6.45) is 1.36. The molecule has 0 unspecified atom stereocenters. The SMILES string of the molecule is CON=C(C(=O)N[C@@H]1C(=O)N2C(C(=O)O)=C(CSc3nc(N)cc4ncnn34)CS[C@H]12)c1csc(N)n1. The standard InChI is InChI=1S/C19H18N10O5S3/c1-34-27-11(8-5-36-18(21)24-8)14(30)26-12-15(31)28-13(17(32)33)7(3-35-16(12)28)4-37-19-25-9(20)2-10-22-6-23-29(10)19/h2,5-6,12,16H,3-4,20H2,1H3,(H2,21,24)(H,26,30)(H,32,33)/t12-,16-/m1/s1. The van der Waals surface area contributed by atoms with Crippen LogP contribution < -0.4 is 16.8 Å². The minimum Gasteiger partial charge on any atom is -0.477 e. The minimum absolute atomic E-state index is 0.122. The number of anilines is 2. The first-order valence-electron chi connectivity index (χ1n) is 10.4. The fraction of sp³-hybridized carbons (Fsp3) is 0.263. The van der Waals surface area contributed by atoms with Crippen LogP contribution in [0.1, 0.15) is 5.69 Å². The van der Waals surface area contributed by atoms with Crippen molar-refractivity contribution in [2.24, 2.45) is 5.16 Å². The van der Waals surface area contributed by atoms with Crippen molar-refractivity contribution in [3.8, 4) is 0 Å². The number of nitrogens with two attached hydrogens (primary N) is 2. The topological polar surface area (TPSA) is 216 Å². The predicted molar refractivity (Wildman–Crippen MR) is 136 cm³/mol. The molecule has 15 nitrogen and oxygen atoms in total. The summed E-state index contributed by atoms with van der Waals surface area (Å²) in [5.74, 6) is -1.70. The largest absolute Gasteiger partial charge is 0.477 e. The molecule has 1 saturated heterocycles. The summed E-state index contributed by atoms with van der Waals surface area (Å²) in [6, 6.07) is 0.615. The molecule has 2 aliphatic rings. The van der Waals surface area contributed by atoms with Crippen molar-refractivity contribution in [3.05, 3.63) is 34.7 Å². The zero-order valence-corrected chi connectivity index (χ0v) is 21.3. The Morgan fingerprint density at radius 3 is 2.89 bits per heavy atom. The second-order valence-electron chi connectivity index (χ2n) is 7.59. The molecule has 6 N–H and O–H groups in total. The Morgan fingerprint density at radius 2 is 2.19 bits per heavy atom. The predicted octanol–water partition coefficient (Wildman–Crippen LogP) is -0.373. The molecule has 5 rings (SSSR count). The number of carbonyl (C=O) groups is 3. The molecule has 37 heavy (non-hydrogen) atoms. The zero-order chi connectivity index (χ0) is 26.3. The van der Waals surface area contributed by atoms with Gasteiger partial charge in [-0.25, -0.2) is 19.7 Å². The van der Waals surface area contributed by atoms with Crippen molar-refractivity contribution in [3.63, 3.8) is 0 Å². The molecule has 0 aromatic carbocycles. The number of fused-ring (bicyclic) bond motifs is 2. The van der Waals surface area contributed by atoms with Gasteiger partial charge in [-0.05, 0) is 5.57 Å². The molecule has 2 atom stereocenters. The first kappa shape index (κ1) is 24.8. The van der Waals surface area contributed by atoms with E-state index in [-0.39, 0.29) is 33.8 Å². The van der Waals surface area contributed by atoms with Gasteiger partial charge in [0.1, 0.15) is 42.1 Å². The van der Waals surface area contributed by atoms with Crippen LogP contribution in [0.2, 0.25) is 0 Å². The van der Waals surface area contributed by atoms with E-state index in [0.717, 1.165) is 11.3 Å². The van der Waals surface area contributed by atoms with E-state index in [1.165, 1.54) is 51.8 Å². The maximum absolute atomic E-state index is 13.0. The number of carbonyl (C=O) groups excluding carboxylic acids is 2. The summed E-state index contributed by atoms with van der Waals surface area (Å²) >= 11 is 3.68. The number of oxime groups is 1. The molecule has 0 spiro atoms. The Bertz CT molecular complexity index is 1480. The van der Waals surface area contributed by atoms with Crippen LogP contribution in [-0.4, -0.2) is 88.1 Å². The van der Waals surface area contributed by atoms with Crippen molar-refractivity contribution in [2.75, 3.05) is 30.1 Å². The van der Waals surface area contributed by atoms with Gasteiger partial charge < -0.3 is 26.7 Å². The molecule has 5 heterocycles. The van der Waals surface area contributed by atoms with Crippen LogP contribution in [0.5, 0.6) is 0 Å². The lowest BCUT2D eigenvalue weighted by Gasteiger charge is -2.49. The highest BCUT2D eigenvalue weighted by Gasteiger charge is 2.54. The quantitative estimate of drug-likeness (QED) is 0.0906. The number of thioether (sulfide) groups is 2. The van der Waals surface area contributed by atoms with E-state index in [2.05, 4.69) is 30.5 Å². The smallest absolute Gasteiger partial charge is 0.352 e. The highest BCUT2D eigenvalue weighted by molar-refractivity contribution is 8.01. The van der Waals surface area contributed by atoms with E-state index >= 15 is 0 Å². The number of nitrogens with one attached hydrogen (secondary N) is 1. The fourth-order valence-corrected chi connectivity index (χ4v) is 6.76. The number of hydrogen-bond donors (Lipinski definition) is 4. The second kappa shape index (κ2) is 9.87. The lowest BCUT2D eigenvalue weighted by molar-refractivity contribution is -0.150. The molecule has 0 radical (unpaired) electrons. The molecule has 0 aliphatic carbocycles. The number of thiazole rings is 1. The van der Waals surface area contributed by atoms with E-state index in [1.807, 2.05) is 0 Å². The molecule has 192 valence electrons. The van der Waals surface area contributed by atoms with E-state index in [9.17, 15) is 19.5 Å². The van der Waals surface area contributed by atoms with Crippen LogP contribution in [0.15, 0.2) is 39.4 Å². The first-order valence-corrected chi connectivity index (χ1v) is 13.3. The summed E-state index contributed by atoms with van der Waals surface area (Å²) in [5.41, 5.74) is 12.4. The average molecular weight is 563 g/mol. The van der Waals surface area contributed by atoms with Gasteiger partial charge >= 0.3 is 5.97 Å². The van der Waals surface area contributed by atoms with Crippen molar-refractivity contribution >= 4 is 75.0 Å². The van der Waals surface area contributed by atoms with Crippen LogP contribution in [0.4, 0.5) is 10.9 Å². The third kappa shape index (κ3) is 4.53. The summed E-state index contributed by atoms with van der Waals surface area (Å²) in [6.45, 7) is 0. The molecule has 2 amide bonds. The Labute approximate surface area is 220 Å². The summed E-state index contributed by atoms with van der Waals surface area (Å²) in [4.78, 5) is 56.4. The molecular weight excluding hydrogens is 544 g/mol. The Kier molecular flexibility index (Phi) is 6.61. The lowest BCUT2D eigenvalue weighted by Crippen LogP contribution is -2.71. The molecule has 0 saturated carbocycles. The number of amides is 2. The van der Waals surface area contributed by atoms with Crippen molar-refractivity contribution in [1.29, 1.82) is 0 Å². The van der Waals surface area contributed by atoms with Gasteiger partial charge in [0.05, 0.1) is 0 Å². The van der Waals surface area contributed by atoms with E-state index in [0.29, 0.717) is 22.1 Å². The normalized spacial score (nSPS) is 19.5. The molecule has 3 aromatic heterocycles. The third-order valence-corrected chi connectivity index (χ3v) is 8.36. The molecule has 0 bridgehead atoms. The summed E-state index contributed by atoms with van der Waals surface area (Å²) < 4.78 is 1.50. The van der Waals surface area contributed by atoms with Gasteiger partial charge in [0.2, 0.25) is 0 Å². The van der Waals surface area contributed by atoms with Crippen LogP contribution in [0, 0.1) is 0 Å². The van der Waals surface area contributed by atoms with Crippen LogP contribution in [0.25, 0.3) is 5.65 Å². The van der Waals surface area contributed by atoms with Crippen LogP contribution in [-0.2, 0) is 19.2 Å². The lowest BCUT2D eigenvalue weighted by atomic mass is 10.0. The van der Waals surface area contributed by atoms with Crippen LogP contribution >= 0.6 is 34.9 Å². The Morgan fingerprint density at radius 1 is 1.38 bits per heavy atom. The molecule has 18 heteroatoms. The van der Waals surface area contributed by atoms with E-state index in [4.69, 9.17) is 16.3 Å². The van der Waals surface area contributed by atoms with E-state index < -0.39 is 29.2 Å². The summed E-state index contributed by atoms with van der Waals surface area (Å²) in [5, 5.41) is 22.0. The second-order valence-corrected chi connectivity index (χ2v) is 10.5. The molecule has 1 fully saturated rings. The van der Waals surface area contributed by atoms with Gasteiger partial charge in [-0.15, -0.1) is 23.1 Å². The maximum Gasteiger partial charge on any atom is 0.352 e. The van der Waals surface area contributed by atoms with Crippen molar-refractivity contribution in [2.45, 2.75) is 16.6 Å². The highest BCUT2D eigenvalue weighted by atomic mass is 32.2. The van der Waals surface area contributed by atoms with Crippen LogP contribution in [0.3, 0.4) is 0 Å². The summed E-state index contributed by atoms with van der Waals surface area (Å²) in [7, 11) is 1.27. The Hall–Kier alpha value is -3.90. The number of hydrogen-bond acceptors (Lipinski definition) is 14. The van der Waals surface area contributed by atoms with Gasteiger partial charge in [-0.1, -0.05) is 16.9 Å². The number of carboxylic acids is 1. The molecule has 2 aliphatic heterocycles. The van der Waals surface area contributed by atoms with Gasteiger partial charge in [-0.2, -0.15) is 9.61 Å². The number of aliphatic carboxylic acids is 1. The van der Waals surface area contributed by atoms with Crippen molar-refractivity contribution < 1.29 is 24.3 Å². The van der Waals surface area contributed by atoms with Gasteiger partial charge in [0.25, 0.3) is 11.8 Å². The zero-order valence-electron chi connectivity index (χ0n) is 18.9. The fourth-order valence-electron chi connectivity index (χ4n) is 3.76. The van der Waals surface area contributed by atoms with Gasteiger partial charge in [-0.3, -0.25) is 14.5 Å². The van der Waals surface area contributed by atoms with E-state index in [1.54, 1.807) is 6.07 Å². The molecular formula is C19H18N10O5S3. The number of aromatic nitrogens is 5. The average Bonchev–Trinajstić information content (AvgIpc) is 3.52. The number of β-lactam (4-membered cyclic amide) rings is 1. The minimum atomic E-state index is -1.25.